The van der Waals surface area contributed by atoms with Gasteiger partial charge in [-0.15, -0.1) is 0 Å². The maximum absolute atomic E-state index is 12.6. The van der Waals surface area contributed by atoms with Crippen molar-refractivity contribution < 1.29 is 29.2 Å². The molecule has 2 N–H and O–H groups in total. The fourth-order valence-corrected chi connectivity index (χ4v) is 3.28. The van der Waals surface area contributed by atoms with Crippen LogP contribution >= 0.6 is 0 Å². The average Bonchev–Trinajstić information content (AvgIpc) is 3.02. The first kappa shape index (κ1) is 20.8. The van der Waals surface area contributed by atoms with Crippen molar-refractivity contribution in [3.63, 3.8) is 0 Å². The SMILES string of the molecule is Cn1c([C@H]2C=C(C(=O)O)O[C@@H](OCCOCCO)C2)cc(=O)n1-c1ccccc1. The third-order valence-corrected chi connectivity index (χ3v) is 4.57. The molecule has 0 saturated heterocycles. The van der Waals surface area contributed by atoms with E-state index in [0.29, 0.717) is 12.1 Å². The molecule has 0 aliphatic carbocycles. The number of aromatic nitrogens is 2. The second-order valence-electron chi connectivity index (χ2n) is 6.51. The molecular weight excluding hydrogens is 380 g/mol. The second kappa shape index (κ2) is 9.55. The molecule has 2 aromatic rings. The Bertz CT molecular complexity index is 917. The van der Waals surface area contributed by atoms with Crippen LogP contribution < -0.4 is 5.56 Å². The molecular formula is C20H24N2O7. The lowest BCUT2D eigenvalue weighted by molar-refractivity contribution is -0.160. The van der Waals surface area contributed by atoms with Crippen LogP contribution in [0.3, 0.4) is 0 Å². The van der Waals surface area contributed by atoms with Gasteiger partial charge in [-0.3, -0.25) is 9.48 Å². The van der Waals surface area contributed by atoms with Gasteiger partial charge in [-0.1, -0.05) is 18.2 Å². The Hall–Kier alpha value is -2.88. The van der Waals surface area contributed by atoms with Gasteiger partial charge in [0.1, 0.15) is 0 Å². The van der Waals surface area contributed by atoms with E-state index in [1.807, 2.05) is 30.3 Å². The Morgan fingerprint density at radius 1 is 1.24 bits per heavy atom. The number of allylic oxidation sites excluding steroid dienone is 1. The number of hydrogen-bond donors (Lipinski definition) is 2. The number of para-hydroxylation sites is 1. The summed E-state index contributed by atoms with van der Waals surface area (Å²) in [4.78, 5) is 24.1. The van der Waals surface area contributed by atoms with Crippen molar-refractivity contribution >= 4 is 5.97 Å². The molecule has 9 heteroatoms. The van der Waals surface area contributed by atoms with E-state index in [4.69, 9.17) is 19.3 Å². The monoisotopic (exact) mass is 404 g/mol. The van der Waals surface area contributed by atoms with Crippen molar-refractivity contribution in [3.05, 3.63) is 64.3 Å². The van der Waals surface area contributed by atoms with Crippen LogP contribution in [0.2, 0.25) is 0 Å². The van der Waals surface area contributed by atoms with Crippen molar-refractivity contribution in [2.24, 2.45) is 7.05 Å². The minimum Gasteiger partial charge on any atom is -0.475 e. The average molecular weight is 404 g/mol. The summed E-state index contributed by atoms with van der Waals surface area (Å²) in [5.41, 5.74) is 1.17. The number of rotatable bonds is 9. The molecule has 1 aliphatic heterocycles. The summed E-state index contributed by atoms with van der Waals surface area (Å²) in [6.07, 6.45) is 1.06. The summed E-state index contributed by atoms with van der Waals surface area (Å²) in [6.45, 7) is 0.557. The first-order valence-corrected chi connectivity index (χ1v) is 9.27. The van der Waals surface area contributed by atoms with Gasteiger partial charge < -0.3 is 24.4 Å². The van der Waals surface area contributed by atoms with Crippen LogP contribution in [0.1, 0.15) is 18.0 Å². The van der Waals surface area contributed by atoms with E-state index in [9.17, 15) is 14.7 Å². The fraction of sp³-hybridized carbons (Fsp3) is 0.400. The Labute approximate surface area is 167 Å². The molecule has 1 aliphatic rings. The lowest BCUT2D eigenvalue weighted by Gasteiger charge is -2.28. The van der Waals surface area contributed by atoms with Crippen LogP contribution in [0.4, 0.5) is 0 Å². The summed E-state index contributed by atoms with van der Waals surface area (Å²) in [7, 11) is 1.76. The quantitative estimate of drug-likeness (QED) is 0.600. The van der Waals surface area contributed by atoms with E-state index in [1.54, 1.807) is 11.7 Å². The molecule has 0 bridgehead atoms. The maximum atomic E-state index is 12.6. The third-order valence-electron chi connectivity index (χ3n) is 4.57. The van der Waals surface area contributed by atoms with Crippen LogP contribution in [-0.4, -0.2) is 58.3 Å². The summed E-state index contributed by atoms with van der Waals surface area (Å²) in [5, 5.41) is 18.1. The molecule has 1 aromatic heterocycles. The molecule has 2 atom stereocenters. The first-order chi connectivity index (χ1) is 14.0. The van der Waals surface area contributed by atoms with E-state index in [2.05, 4.69) is 0 Å². The number of aliphatic carboxylic acids is 1. The maximum Gasteiger partial charge on any atom is 0.370 e. The number of ether oxygens (including phenoxy) is 3. The summed E-state index contributed by atoms with van der Waals surface area (Å²) >= 11 is 0. The fourth-order valence-electron chi connectivity index (χ4n) is 3.28. The number of aliphatic hydroxyl groups is 1. The summed E-state index contributed by atoms with van der Waals surface area (Å²) in [6, 6.07) is 10.7. The predicted octanol–water partition coefficient (Wildman–Crippen LogP) is 1.000. The Morgan fingerprint density at radius 2 is 2.00 bits per heavy atom. The van der Waals surface area contributed by atoms with Gasteiger partial charge in [-0.2, -0.15) is 0 Å². The predicted molar refractivity (Wildman–Crippen MR) is 103 cm³/mol. The smallest absolute Gasteiger partial charge is 0.370 e. The lowest BCUT2D eigenvalue weighted by Crippen LogP contribution is -2.29. The molecule has 0 spiro atoms. The minimum atomic E-state index is -1.20. The lowest BCUT2D eigenvalue weighted by atomic mass is 9.98. The topological polar surface area (TPSA) is 112 Å². The second-order valence-corrected chi connectivity index (χ2v) is 6.51. The van der Waals surface area contributed by atoms with Crippen LogP contribution in [0.5, 0.6) is 0 Å². The van der Waals surface area contributed by atoms with Gasteiger partial charge in [-0.25, -0.2) is 9.48 Å². The zero-order valence-corrected chi connectivity index (χ0v) is 16.1. The first-order valence-electron chi connectivity index (χ1n) is 9.27. The van der Waals surface area contributed by atoms with E-state index >= 15 is 0 Å². The Morgan fingerprint density at radius 3 is 2.69 bits per heavy atom. The summed E-state index contributed by atoms with van der Waals surface area (Å²) < 4.78 is 19.4. The minimum absolute atomic E-state index is 0.0830. The van der Waals surface area contributed by atoms with Crippen molar-refractivity contribution in [1.82, 2.24) is 9.36 Å². The van der Waals surface area contributed by atoms with E-state index in [0.717, 1.165) is 5.69 Å². The number of aliphatic hydroxyl groups excluding tert-OH is 1. The Kier molecular flexibility index (Phi) is 6.86. The van der Waals surface area contributed by atoms with Crippen molar-refractivity contribution in [2.45, 2.75) is 18.6 Å². The zero-order chi connectivity index (χ0) is 20.8. The largest absolute Gasteiger partial charge is 0.475 e. The molecule has 9 nitrogen and oxygen atoms in total. The van der Waals surface area contributed by atoms with Gasteiger partial charge in [0, 0.05) is 31.1 Å². The number of carboxylic acid groups (broad SMARTS) is 1. The zero-order valence-electron chi connectivity index (χ0n) is 16.1. The molecule has 1 aromatic carbocycles. The standard InChI is InChI=1S/C20H24N2O7/c1-21-16(13-18(24)22(21)15-5-3-2-4-6-15)14-11-17(20(25)26)29-19(12-14)28-10-9-27-8-7-23/h2-6,11,13-14,19,23H,7-10,12H2,1H3,(H,25,26)/t14-,19+/m0/s1. The van der Waals surface area contributed by atoms with Crippen LogP contribution in [0.25, 0.3) is 5.69 Å². The van der Waals surface area contributed by atoms with E-state index < -0.39 is 12.3 Å². The van der Waals surface area contributed by atoms with Crippen LogP contribution in [0, 0.1) is 0 Å². The normalized spacial score (nSPS) is 18.9. The van der Waals surface area contributed by atoms with Crippen molar-refractivity contribution in [2.75, 3.05) is 26.4 Å². The van der Waals surface area contributed by atoms with Gasteiger partial charge in [-0.05, 0) is 18.2 Å². The highest BCUT2D eigenvalue weighted by atomic mass is 16.7. The highest BCUT2D eigenvalue weighted by Gasteiger charge is 2.30. The highest BCUT2D eigenvalue weighted by molar-refractivity contribution is 5.84. The molecule has 0 fully saturated rings. The molecule has 0 unspecified atom stereocenters. The third kappa shape index (κ3) is 4.94. The molecule has 156 valence electrons. The highest BCUT2D eigenvalue weighted by Crippen LogP contribution is 2.31. The number of carbonyl (C=O) groups is 1. The molecule has 2 heterocycles. The molecule has 3 rings (SSSR count). The molecule has 0 saturated carbocycles. The molecule has 29 heavy (non-hydrogen) atoms. The number of nitrogens with zero attached hydrogens (tertiary/aromatic N) is 2. The van der Waals surface area contributed by atoms with Crippen molar-refractivity contribution in [3.8, 4) is 5.69 Å². The van der Waals surface area contributed by atoms with Crippen LogP contribution in [0.15, 0.2) is 53.0 Å². The molecule has 0 amide bonds. The van der Waals surface area contributed by atoms with Crippen LogP contribution in [-0.2, 0) is 26.1 Å². The molecule has 0 radical (unpaired) electrons. The van der Waals surface area contributed by atoms with E-state index in [1.165, 1.54) is 16.8 Å². The van der Waals surface area contributed by atoms with Gasteiger partial charge in [0.2, 0.25) is 12.0 Å². The van der Waals surface area contributed by atoms with E-state index in [-0.39, 0.29) is 43.7 Å². The number of benzene rings is 1. The summed E-state index contributed by atoms with van der Waals surface area (Å²) in [5.74, 6) is -1.80. The number of hydrogen-bond acceptors (Lipinski definition) is 6. The van der Waals surface area contributed by atoms with Gasteiger partial charge >= 0.3 is 5.97 Å². The van der Waals surface area contributed by atoms with Gasteiger partial charge in [0.15, 0.2) is 0 Å². The number of carboxylic acids is 1. The van der Waals surface area contributed by atoms with Crippen molar-refractivity contribution in [1.29, 1.82) is 0 Å². The Balaban J connectivity index is 1.82. The van der Waals surface area contributed by atoms with Gasteiger partial charge in [0.05, 0.1) is 32.1 Å². The van der Waals surface area contributed by atoms with Gasteiger partial charge in [0.25, 0.3) is 5.56 Å².